The van der Waals surface area contributed by atoms with Crippen molar-refractivity contribution in [2.45, 2.75) is 57.0 Å². The maximum atomic E-state index is 12.9. The zero-order valence-corrected chi connectivity index (χ0v) is 27.7. The smallest absolute Gasteiger partial charge is 0.271 e. The number of likely N-dealkylation sites (tertiary alicyclic amines) is 1. The van der Waals surface area contributed by atoms with Crippen LogP contribution in [0.15, 0.2) is 103 Å². The van der Waals surface area contributed by atoms with Gasteiger partial charge in [-0.25, -0.2) is 4.98 Å². The molecule has 252 valence electrons. The van der Waals surface area contributed by atoms with Gasteiger partial charge in [0.15, 0.2) is 6.29 Å². The summed E-state index contributed by atoms with van der Waals surface area (Å²) in [6.45, 7) is 2.94. The number of aliphatic hydroxyl groups is 1. The van der Waals surface area contributed by atoms with Crippen molar-refractivity contribution in [2.75, 3.05) is 26.8 Å². The molecule has 2 saturated heterocycles. The molecule has 2 aliphatic heterocycles. The van der Waals surface area contributed by atoms with Gasteiger partial charge in [0.05, 0.1) is 42.7 Å². The van der Waals surface area contributed by atoms with Gasteiger partial charge in [-0.05, 0) is 71.5 Å². The summed E-state index contributed by atoms with van der Waals surface area (Å²) >= 11 is 0. The van der Waals surface area contributed by atoms with Gasteiger partial charge >= 0.3 is 0 Å². The summed E-state index contributed by atoms with van der Waals surface area (Å²) in [5.41, 5.74) is 7.65. The van der Waals surface area contributed by atoms with E-state index in [1.165, 1.54) is 6.20 Å². The van der Waals surface area contributed by atoms with Crippen LogP contribution in [0.1, 0.15) is 64.4 Å². The molecule has 2 fully saturated rings. The molecule has 1 amide bonds. The number of carbonyl (C=O) groups is 1. The van der Waals surface area contributed by atoms with Crippen LogP contribution >= 0.6 is 0 Å². The lowest BCUT2D eigenvalue weighted by atomic mass is 9.98. The maximum absolute atomic E-state index is 12.9. The molecule has 4 aromatic carbocycles. The topological polar surface area (TPSA) is 106 Å². The van der Waals surface area contributed by atoms with Crippen molar-refractivity contribution >= 4 is 16.9 Å². The molecule has 0 unspecified atom stereocenters. The fourth-order valence-corrected chi connectivity index (χ4v) is 6.88. The average Bonchev–Trinajstić information content (AvgIpc) is 3.59. The van der Waals surface area contributed by atoms with E-state index in [1.807, 2.05) is 66.7 Å². The van der Waals surface area contributed by atoms with E-state index in [9.17, 15) is 9.90 Å². The van der Waals surface area contributed by atoms with Gasteiger partial charge < -0.3 is 24.6 Å². The number of nitrogens with one attached hydrogen (secondary N) is 1. The zero-order valence-electron chi connectivity index (χ0n) is 27.7. The maximum Gasteiger partial charge on any atom is 0.271 e. The number of rotatable bonds is 11. The van der Waals surface area contributed by atoms with Crippen molar-refractivity contribution in [1.82, 2.24) is 20.2 Å². The van der Waals surface area contributed by atoms with E-state index >= 15 is 0 Å². The Morgan fingerprint density at radius 1 is 0.918 bits per heavy atom. The van der Waals surface area contributed by atoms with Crippen LogP contribution in [0, 0.1) is 0 Å². The Morgan fingerprint density at radius 3 is 2.53 bits per heavy atom. The van der Waals surface area contributed by atoms with Gasteiger partial charge in [-0.15, -0.1) is 0 Å². The summed E-state index contributed by atoms with van der Waals surface area (Å²) in [7, 11) is 1.77. The fourth-order valence-electron chi connectivity index (χ4n) is 6.88. The lowest BCUT2D eigenvalue weighted by Gasteiger charge is -2.39. The first-order valence-corrected chi connectivity index (χ1v) is 17.0. The highest BCUT2D eigenvalue weighted by atomic mass is 16.7. The van der Waals surface area contributed by atoms with Crippen molar-refractivity contribution in [3.8, 4) is 11.1 Å². The molecule has 3 heterocycles. The highest BCUT2D eigenvalue weighted by Crippen LogP contribution is 2.39. The van der Waals surface area contributed by atoms with Crippen molar-refractivity contribution in [3.63, 3.8) is 0 Å². The van der Waals surface area contributed by atoms with E-state index in [0.29, 0.717) is 18.1 Å². The molecule has 9 heteroatoms. The third-order valence-electron chi connectivity index (χ3n) is 9.46. The van der Waals surface area contributed by atoms with Crippen molar-refractivity contribution in [1.29, 1.82) is 0 Å². The summed E-state index contributed by atoms with van der Waals surface area (Å²) in [6, 6.07) is 32.4. The average molecular weight is 659 g/mol. The second-order valence-corrected chi connectivity index (χ2v) is 12.8. The highest BCUT2D eigenvalue weighted by Gasteiger charge is 2.35. The molecule has 9 nitrogen and oxygen atoms in total. The van der Waals surface area contributed by atoms with Crippen molar-refractivity contribution in [2.24, 2.45) is 0 Å². The molecule has 1 aromatic heterocycles. The van der Waals surface area contributed by atoms with E-state index in [0.717, 1.165) is 77.9 Å². The molecule has 4 atom stereocenters. The van der Waals surface area contributed by atoms with Gasteiger partial charge in [0.2, 0.25) is 0 Å². The van der Waals surface area contributed by atoms with Crippen LogP contribution in [0.25, 0.3) is 22.2 Å². The summed E-state index contributed by atoms with van der Waals surface area (Å²) in [5.74, 6) is -0.269. The number of hydrogen-bond donors (Lipinski definition) is 2. The number of aliphatic hydroxyl groups excluding tert-OH is 1. The van der Waals surface area contributed by atoms with Crippen molar-refractivity contribution in [3.05, 3.63) is 131 Å². The number of carbonyl (C=O) groups excluding carboxylic acids is 1. The third-order valence-corrected chi connectivity index (χ3v) is 9.46. The van der Waals surface area contributed by atoms with Crippen LogP contribution in [0.3, 0.4) is 0 Å². The van der Waals surface area contributed by atoms with Crippen LogP contribution in [0.2, 0.25) is 0 Å². The Morgan fingerprint density at radius 2 is 1.71 bits per heavy atom. The molecule has 2 aliphatic rings. The van der Waals surface area contributed by atoms with E-state index in [4.69, 9.17) is 14.2 Å². The van der Waals surface area contributed by atoms with Crippen LogP contribution in [-0.2, 0) is 27.4 Å². The first-order chi connectivity index (χ1) is 24.1. The minimum absolute atomic E-state index is 0.00944. The van der Waals surface area contributed by atoms with Gasteiger partial charge in [-0.3, -0.25) is 14.7 Å². The summed E-state index contributed by atoms with van der Waals surface area (Å²) in [6.07, 6.45) is 3.82. The lowest BCUT2D eigenvalue weighted by Crippen LogP contribution is -2.42. The number of amides is 1. The Hall–Kier alpha value is -4.51. The normalized spacial score (nSPS) is 21.2. The minimum Gasteiger partial charge on any atom is -0.392 e. The fraction of sp³-hybridized carbons (Fsp3) is 0.325. The Labute approximate surface area is 286 Å². The largest absolute Gasteiger partial charge is 0.392 e. The lowest BCUT2D eigenvalue weighted by molar-refractivity contribution is -0.253. The summed E-state index contributed by atoms with van der Waals surface area (Å²) < 4.78 is 18.9. The molecule has 49 heavy (non-hydrogen) atoms. The second kappa shape index (κ2) is 15.4. The summed E-state index contributed by atoms with van der Waals surface area (Å²) in [5, 5.41) is 12.6. The number of ether oxygens (including phenoxy) is 3. The first kappa shape index (κ1) is 33.0. The van der Waals surface area contributed by atoms with E-state index in [-0.39, 0.29) is 30.4 Å². The minimum atomic E-state index is -0.546. The summed E-state index contributed by atoms with van der Waals surface area (Å²) in [4.78, 5) is 24.3. The standard InChI is InChI=1S/C40H42N4O5/c1-47-26-33-11-6-18-44(33)24-34-21-38(29-16-14-27(25-45)15-17-29)49-40(48-34)32-10-5-9-31(20-32)30-8-4-7-28(19-30)22-42-39(46)37-23-41-35-12-2-3-13-36(35)43-37/h2-5,7-10,12-17,19-20,23,33-34,38,40,45H,6,11,18,21-22,24-26H2,1H3,(H,42,46)/t33-,34-,38+,40+/m0/s1. The zero-order chi connectivity index (χ0) is 33.6. The van der Waals surface area contributed by atoms with E-state index in [2.05, 4.69) is 50.5 Å². The number of fused-ring (bicyclic) bond motifs is 1. The number of methoxy groups -OCH3 is 1. The number of para-hydroxylation sites is 2. The van der Waals surface area contributed by atoms with E-state index in [1.54, 1.807) is 7.11 Å². The van der Waals surface area contributed by atoms with Gasteiger partial charge in [0.1, 0.15) is 5.69 Å². The Kier molecular flexibility index (Phi) is 10.3. The molecule has 0 spiro atoms. The van der Waals surface area contributed by atoms with Crippen LogP contribution in [0.5, 0.6) is 0 Å². The number of nitrogens with zero attached hydrogens (tertiary/aromatic N) is 3. The SMILES string of the molecule is COC[C@@H]1CCCN1C[C@@H]1C[C@H](c2ccc(CO)cc2)O[C@H](c2cccc(-c3cccc(CNC(=O)c4cnc5ccccc5n4)c3)c2)O1. The molecular weight excluding hydrogens is 616 g/mol. The van der Waals surface area contributed by atoms with Gasteiger partial charge in [-0.1, -0.05) is 72.8 Å². The first-order valence-electron chi connectivity index (χ1n) is 17.0. The van der Waals surface area contributed by atoms with E-state index < -0.39 is 6.29 Å². The van der Waals surface area contributed by atoms with Gasteiger partial charge in [0, 0.05) is 38.2 Å². The second-order valence-electron chi connectivity index (χ2n) is 12.8. The molecule has 0 radical (unpaired) electrons. The molecule has 2 N–H and O–H groups in total. The number of benzene rings is 4. The predicted octanol–water partition coefficient (Wildman–Crippen LogP) is 6.38. The molecule has 7 rings (SSSR count). The number of hydrogen-bond acceptors (Lipinski definition) is 8. The van der Waals surface area contributed by atoms with Crippen LogP contribution in [0.4, 0.5) is 0 Å². The molecule has 0 bridgehead atoms. The number of aromatic nitrogens is 2. The van der Waals surface area contributed by atoms with Crippen LogP contribution < -0.4 is 5.32 Å². The molecule has 0 aliphatic carbocycles. The molecule has 5 aromatic rings. The molecule has 0 saturated carbocycles. The van der Waals surface area contributed by atoms with Gasteiger partial charge in [-0.2, -0.15) is 0 Å². The Balaban J connectivity index is 1.08. The van der Waals surface area contributed by atoms with Gasteiger partial charge in [0.25, 0.3) is 5.91 Å². The third kappa shape index (κ3) is 7.88. The predicted molar refractivity (Wildman–Crippen MR) is 187 cm³/mol. The Bertz CT molecular complexity index is 1880. The van der Waals surface area contributed by atoms with Crippen molar-refractivity contribution < 1.29 is 24.1 Å². The monoisotopic (exact) mass is 658 g/mol. The quantitative estimate of drug-likeness (QED) is 0.169. The highest BCUT2D eigenvalue weighted by molar-refractivity contribution is 5.93. The van der Waals surface area contributed by atoms with Crippen LogP contribution in [-0.4, -0.2) is 64.8 Å². The molecular formula is C40H42N4O5.